The molecule has 94 valence electrons. The van der Waals surface area contributed by atoms with Crippen LogP contribution in [0.15, 0.2) is 42.5 Å². The Bertz CT molecular complexity index is 549. The molecule has 1 unspecified atom stereocenters. The summed E-state index contributed by atoms with van der Waals surface area (Å²) in [5, 5.41) is 0. The number of methoxy groups -OCH3 is 1. The minimum atomic E-state index is 0.226. The summed E-state index contributed by atoms with van der Waals surface area (Å²) in [5.41, 5.74) is 5.13. The lowest BCUT2D eigenvalue weighted by atomic mass is 9.97. The van der Waals surface area contributed by atoms with Crippen LogP contribution in [0.4, 0.5) is 0 Å². The van der Waals surface area contributed by atoms with Gasteiger partial charge in [0.1, 0.15) is 5.75 Å². The molecular formula is C16H17BrO. The summed E-state index contributed by atoms with van der Waals surface area (Å²) in [6, 6.07) is 14.7. The van der Waals surface area contributed by atoms with Crippen molar-refractivity contribution < 1.29 is 4.74 Å². The Kier molecular flexibility index (Phi) is 4.07. The first-order valence-corrected chi connectivity index (χ1v) is 6.89. The first-order chi connectivity index (χ1) is 8.63. The van der Waals surface area contributed by atoms with Gasteiger partial charge in [0.05, 0.1) is 11.9 Å². The lowest BCUT2D eigenvalue weighted by Crippen LogP contribution is -1.98. The highest BCUT2D eigenvalue weighted by atomic mass is 79.9. The largest absolute Gasteiger partial charge is 0.497 e. The lowest BCUT2D eigenvalue weighted by molar-refractivity contribution is 0.414. The van der Waals surface area contributed by atoms with E-state index in [0.717, 1.165) is 5.75 Å². The molecule has 0 bridgehead atoms. The maximum atomic E-state index is 5.24. The first-order valence-electron chi connectivity index (χ1n) is 5.97. The van der Waals surface area contributed by atoms with Crippen molar-refractivity contribution in [3.63, 3.8) is 0 Å². The van der Waals surface area contributed by atoms with Gasteiger partial charge in [-0.3, -0.25) is 0 Å². The molecule has 0 amide bonds. The van der Waals surface area contributed by atoms with Gasteiger partial charge in [-0.05, 0) is 48.2 Å². The highest BCUT2D eigenvalue weighted by Crippen LogP contribution is 2.35. The van der Waals surface area contributed by atoms with E-state index < -0.39 is 0 Å². The second-order valence-corrected chi connectivity index (χ2v) is 5.36. The molecule has 0 spiro atoms. The Balaban J connectivity index is 2.40. The van der Waals surface area contributed by atoms with Gasteiger partial charge in [-0.2, -0.15) is 0 Å². The normalized spacial score (nSPS) is 12.2. The first kappa shape index (κ1) is 13.2. The second-order valence-electron chi connectivity index (χ2n) is 4.44. The second kappa shape index (κ2) is 5.57. The van der Waals surface area contributed by atoms with Crippen LogP contribution in [0, 0.1) is 13.8 Å². The molecule has 0 N–H and O–H groups in total. The summed E-state index contributed by atoms with van der Waals surface area (Å²) in [5.74, 6) is 0.903. The molecule has 0 aliphatic heterocycles. The van der Waals surface area contributed by atoms with E-state index in [4.69, 9.17) is 4.74 Å². The van der Waals surface area contributed by atoms with Crippen LogP contribution < -0.4 is 4.74 Å². The zero-order valence-electron chi connectivity index (χ0n) is 10.9. The summed E-state index contributed by atoms with van der Waals surface area (Å²) in [4.78, 5) is 0.226. The van der Waals surface area contributed by atoms with Crippen molar-refractivity contribution in [1.29, 1.82) is 0 Å². The number of rotatable bonds is 3. The van der Waals surface area contributed by atoms with Gasteiger partial charge < -0.3 is 4.74 Å². The lowest BCUT2D eigenvalue weighted by Gasteiger charge is -2.16. The number of aryl methyl sites for hydroxylation is 2. The number of hydrogen-bond donors (Lipinski definition) is 0. The zero-order valence-corrected chi connectivity index (χ0v) is 12.5. The van der Waals surface area contributed by atoms with E-state index in [2.05, 4.69) is 66.2 Å². The van der Waals surface area contributed by atoms with E-state index in [1.807, 2.05) is 6.07 Å². The van der Waals surface area contributed by atoms with Crippen LogP contribution in [0.25, 0.3) is 0 Å². The van der Waals surface area contributed by atoms with Crippen LogP contribution in [0.1, 0.15) is 27.1 Å². The molecule has 2 heteroatoms. The zero-order chi connectivity index (χ0) is 13.1. The number of halogens is 1. The topological polar surface area (TPSA) is 9.23 Å². The molecule has 0 saturated carbocycles. The van der Waals surface area contributed by atoms with Gasteiger partial charge in [0.2, 0.25) is 0 Å². The van der Waals surface area contributed by atoms with Gasteiger partial charge in [-0.15, -0.1) is 0 Å². The van der Waals surface area contributed by atoms with Gasteiger partial charge in [0, 0.05) is 0 Å². The molecule has 0 fully saturated rings. The van der Waals surface area contributed by atoms with Crippen LogP contribution in [-0.2, 0) is 0 Å². The molecule has 1 nitrogen and oxygen atoms in total. The van der Waals surface area contributed by atoms with Crippen LogP contribution >= 0.6 is 15.9 Å². The van der Waals surface area contributed by atoms with Crippen LogP contribution in [0.3, 0.4) is 0 Å². The monoisotopic (exact) mass is 304 g/mol. The minimum Gasteiger partial charge on any atom is -0.497 e. The molecule has 1 atom stereocenters. The number of hydrogen-bond acceptors (Lipinski definition) is 1. The van der Waals surface area contributed by atoms with Crippen molar-refractivity contribution in [2.24, 2.45) is 0 Å². The van der Waals surface area contributed by atoms with Crippen molar-refractivity contribution in [1.82, 2.24) is 0 Å². The van der Waals surface area contributed by atoms with Crippen molar-refractivity contribution in [3.05, 3.63) is 64.7 Å². The van der Waals surface area contributed by atoms with Gasteiger partial charge in [-0.25, -0.2) is 0 Å². The number of alkyl halides is 1. The molecule has 0 aromatic heterocycles. The molecule has 0 saturated heterocycles. The maximum absolute atomic E-state index is 5.24. The van der Waals surface area contributed by atoms with E-state index in [0.29, 0.717) is 0 Å². The van der Waals surface area contributed by atoms with Crippen molar-refractivity contribution in [3.8, 4) is 5.75 Å². The number of benzene rings is 2. The predicted octanol–water partition coefficient (Wildman–Crippen LogP) is 4.80. The fourth-order valence-corrected chi connectivity index (χ4v) is 3.13. The van der Waals surface area contributed by atoms with E-state index >= 15 is 0 Å². The molecule has 2 aromatic carbocycles. The van der Waals surface area contributed by atoms with Crippen molar-refractivity contribution in [2.45, 2.75) is 18.7 Å². The smallest absolute Gasteiger partial charge is 0.119 e. The van der Waals surface area contributed by atoms with Crippen molar-refractivity contribution in [2.75, 3.05) is 7.11 Å². The van der Waals surface area contributed by atoms with E-state index in [-0.39, 0.29) is 4.83 Å². The average Bonchev–Trinajstić information content (AvgIpc) is 2.38. The third-order valence-electron chi connectivity index (χ3n) is 3.21. The van der Waals surface area contributed by atoms with Gasteiger partial charge in [0.25, 0.3) is 0 Å². The molecular weight excluding hydrogens is 288 g/mol. The van der Waals surface area contributed by atoms with E-state index in [1.165, 1.54) is 22.3 Å². The SMILES string of the molecule is COc1ccc(C(Br)c2ccccc2C)c(C)c1. The standard InChI is InChI=1S/C16H17BrO/c1-11-6-4-5-7-14(11)16(17)15-9-8-13(18-3)10-12(15)2/h4-10,16H,1-3H3. The maximum Gasteiger partial charge on any atom is 0.119 e. The van der Waals surface area contributed by atoms with Crippen LogP contribution in [0.5, 0.6) is 5.75 Å². The minimum absolute atomic E-state index is 0.226. The Morgan fingerprint density at radius 1 is 0.944 bits per heavy atom. The molecule has 0 heterocycles. The van der Waals surface area contributed by atoms with Crippen LogP contribution in [0.2, 0.25) is 0 Å². The average molecular weight is 305 g/mol. The highest BCUT2D eigenvalue weighted by molar-refractivity contribution is 9.09. The highest BCUT2D eigenvalue weighted by Gasteiger charge is 2.14. The fourth-order valence-electron chi connectivity index (χ4n) is 2.10. The quantitative estimate of drug-likeness (QED) is 0.740. The summed E-state index contributed by atoms with van der Waals surface area (Å²) in [6.45, 7) is 4.26. The van der Waals surface area contributed by atoms with Gasteiger partial charge in [0.15, 0.2) is 0 Å². The number of ether oxygens (including phenoxy) is 1. The van der Waals surface area contributed by atoms with Crippen LogP contribution in [-0.4, -0.2) is 7.11 Å². The molecule has 0 aliphatic carbocycles. The van der Waals surface area contributed by atoms with E-state index in [1.54, 1.807) is 7.11 Å². The third kappa shape index (κ3) is 2.59. The molecule has 18 heavy (non-hydrogen) atoms. The summed E-state index contributed by atoms with van der Waals surface area (Å²) in [7, 11) is 1.70. The Morgan fingerprint density at radius 2 is 1.61 bits per heavy atom. The predicted molar refractivity (Wildman–Crippen MR) is 79.7 cm³/mol. The Labute approximate surface area is 117 Å². The van der Waals surface area contributed by atoms with E-state index in [9.17, 15) is 0 Å². The van der Waals surface area contributed by atoms with Crippen molar-refractivity contribution >= 4 is 15.9 Å². The Hall–Kier alpha value is -1.28. The molecule has 0 aliphatic rings. The summed E-state index contributed by atoms with van der Waals surface area (Å²) in [6.07, 6.45) is 0. The molecule has 2 aromatic rings. The summed E-state index contributed by atoms with van der Waals surface area (Å²) < 4.78 is 5.24. The summed E-state index contributed by atoms with van der Waals surface area (Å²) >= 11 is 3.80. The Morgan fingerprint density at radius 3 is 2.22 bits per heavy atom. The van der Waals surface area contributed by atoms with Gasteiger partial charge in [-0.1, -0.05) is 46.3 Å². The molecule has 0 radical (unpaired) electrons. The van der Waals surface area contributed by atoms with Gasteiger partial charge >= 0.3 is 0 Å². The fraction of sp³-hybridized carbons (Fsp3) is 0.250. The third-order valence-corrected chi connectivity index (χ3v) is 4.20. The molecule has 2 rings (SSSR count).